The highest BCUT2D eigenvalue weighted by molar-refractivity contribution is 5.94. The number of benzene rings is 1. The van der Waals surface area contributed by atoms with Crippen molar-refractivity contribution in [1.29, 1.82) is 0 Å². The molecule has 35 heavy (non-hydrogen) atoms. The van der Waals surface area contributed by atoms with Crippen molar-refractivity contribution >= 4 is 11.9 Å². The van der Waals surface area contributed by atoms with Crippen LogP contribution in [-0.4, -0.2) is 53.3 Å². The summed E-state index contributed by atoms with van der Waals surface area (Å²) >= 11 is 0. The summed E-state index contributed by atoms with van der Waals surface area (Å²) in [4.78, 5) is 24.4. The first-order chi connectivity index (χ1) is 16.7. The van der Waals surface area contributed by atoms with Crippen LogP contribution in [0, 0.1) is 5.82 Å². The molecule has 1 atom stereocenters. The van der Waals surface area contributed by atoms with Crippen LogP contribution in [-0.2, 0) is 6.42 Å². The number of nitrogens with one attached hydrogen (secondary N) is 2. The molecule has 0 fully saturated rings. The molecule has 2 aromatic heterocycles. The molecule has 0 saturated heterocycles. The van der Waals surface area contributed by atoms with Gasteiger partial charge >= 0.3 is 6.18 Å². The summed E-state index contributed by atoms with van der Waals surface area (Å²) in [5.74, 6) is -0.546. The van der Waals surface area contributed by atoms with Crippen LogP contribution in [0.2, 0.25) is 0 Å². The summed E-state index contributed by atoms with van der Waals surface area (Å²) < 4.78 is 61.6. The van der Waals surface area contributed by atoms with E-state index in [9.17, 15) is 22.4 Å². The lowest BCUT2D eigenvalue weighted by Crippen LogP contribution is -2.43. The molecule has 4 rings (SSSR count). The number of amides is 1. The molecular weight excluding hydrogens is 470 g/mol. The van der Waals surface area contributed by atoms with Crippen molar-refractivity contribution in [3.8, 4) is 22.8 Å². The number of aromatic nitrogens is 3. The Balaban J connectivity index is 1.42. The van der Waals surface area contributed by atoms with Crippen LogP contribution in [0.25, 0.3) is 11.1 Å². The lowest BCUT2D eigenvalue weighted by atomic mass is 9.93. The maximum absolute atomic E-state index is 14.2. The second-order valence-electron chi connectivity index (χ2n) is 7.77. The number of fused-ring (bicyclic) bond motifs is 1. The van der Waals surface area contributed by atoms with Gasteiger partial charge in [0, 0.05) is 42.7 Å². The molecular formula is C23H21F4N5O3. The van der Waals surface area contributed by atoms with Crippen LogP contribution in [0.4, 0.5) is 23.5 Å². The zero-order chi connectivity index (χ0) is 25.0. The van der Waals surface area contributed by atoms with Gasteiger partial charge < -0.3 is 20.1 Å². The van der Waals surface area contributed by atoms with Crippen LogP contribution in [0.5, 0.6) is 11.6 Å². The van der Waals surface area contributed by atoms with Crippen LogP contribution in [0.3, 0.4) is 0 Å². The summed E-state index contributed by atoms with van der Waals surface area (Å²) in [6.45, 7) is -0.154. The number of alkyl halides is 3. The van der Waals surface area contributed by atoms with Gasteiger partial charge in [-0.2, -0.15) is 13.2 Å². The van der Waals surface area contributed by atoms with Gasteiger partial charge in [-0.05, 0) is 17.7 Å². The van der Waals surface area contributed by atoms with Gasteiger partial charge in [0.1, 0.15) is 12.4 Å². The number of pyridine rings is 1. The Morgan fingerprint density at radius 2 is 1.97 bits per heavy atom. The molecule has 1 aliphatic rings. The molecule has 2 N–H and O–H groups in total. The number of ether oxygens (including phenoxy) is 2. The quantitative estimate of drug-likeness (QED) is 0.486. The van der Waals surface area contributed by atoms with Crippen LogP contribution in [0.15, 0.2) is 42.9 Å². The molecule has 1 aromatic carbocycles. The number of hydrogen-bond acceptors (Lipinski definition) is 7. The van der Waals surface area contributed by atoms with Gasteiger partial charge in [0.05, 0.1) is 25.1 Å². The molecule has 1 amide bonds. The first-order valence-electron chi connectivity index (χ1n) is 10.6. The van der Waals surface area contributed by atoms with Crippen molar-refractivity contribution < 1.29 is 31.8 Å². The number of methoxy groups -OCH3 is 1. The summed E-state index contributed by atoms with van der Waals surface area (Å²) in [7, 11) is 1.33. The van der Waals surface area contributed by atoms with Gasteiger partial charge in [0.25, 0.3) is 5.91 Å². The topological polar surface area (TPSA) is 98.3 Å². The highest BCUT2D eigenvalue weighted by Crippen LogP contribution is 2.35. The van der Waals surface area contributed by atoms with Gasteiger partial charge in [-0.25, -0.2) is 19.3 Å². The molecule has 0 bridgehead atoms. The zero-order valence-electron chi connectivity index (χ0n) is 18.5. The predicted molar refractivity (Wildman–Crippen MR) is 118 cm³/mol. The van der Waals surface area contributed by atoms with Crippen molar-refractivity contribution in [2.75, 3.05) is 25.6 Å². The van der Waals surface area contributed by atoms with Crippen molar-refractivity contribution in [3.05, 3.63) is 59.8 Å². The number of rotatable bonds is 7. The van der Waals surface area contributed by atoms with E-state index in [1.807, 2.05) is 6.07 Å². The summed E-state index contributed by atoms with van der Waals surface area (Å²) in [5, 5.41) is 5.30. The Morgan fingerprint density at radius 1 is 1.20 bits per heavy atom. The number of halogens is 4. The Hall–Kier alpha value is -3.96. The Morgan fingerprint density at radius 3 is 2.66 bits per heavy atom. The van der Waals surface area contributed by atoms with Crippen LogP contribution < -0.4 is 20.1 Å². The third kappa shape index (κ3) is 5.94. The second kappa shape index (κ2) is 10.1. The van der Waals surface area contributed by atoms with Crippen LogP contribution >= 0.6 is 0 Å². The molecule has 0 unspecified atom stereocenters. The minimum absolute atomic E-state index is 0.00861. The van der Waals surface area contributed by atoms with Crippen LogP contribution in [0.1, 0.15) is 22.3 Å². The van der Waals surface area contributed by atoms with Crippen molar-refractivity contribution in [3.63, 3.8) is 0 Å². The fraction of sp³-hybridized carbons (Fsp3) is 0.304. The molecule has 0 aliphatic carbocycles. The minimum atomic E-state index is -4.29. The van der Waals surface area contributed by atoms with E-state index in [-0.39, 0.29) is 30.5 Å². The number of hydrogen-bond donors (Lipinski definition) is 2. The van der Waals surface area contributed by atoms with E-state index in [0.29, 0.717) is 23.3 Å². The normalized spacial score (nSPS) is 15.1. The maximum atomic E-state index is 14.2. The molecule has 3 heterocycles. The fourth-order valence-electron chi connectivity index (χ4n) is 3.61. The average Bonchev–Trinajstić information content (AvgIpc) is 2.83. The predicted octanol–water partition coefficient (Wildman–Crippen LogP) is 3.78. The molecule has 1 aliphatic heterocycles. The standard InChI is InChI=1S/C23H21F4N5O3/c1-34-21-18(24)7-13(9-29-21)16-3-2-4-19-17(16)8-15(12-35-19)32-20(33)14-10-30-22(31-11-14)28-6-5-23(25,26)27/h2-4,7,9-11,15H,5-6,8,12H2,1H3,(H,32,33)(H,28,30,31)/t15-/m0/s1. The average molecular weight is 491 g/mol. The first kappa shape index (κ1) is 24.2. The molecule has 0 spiro atoms. The van der Waals surface area contributed by atoms with Gasteiger partial charge in [-0.15, -0.1) is 0 Å². The fourth-order valence-corrected chi connectivity index (χ4v) is 3.61. The summed E-state index contributed by atoms with van der Waals surface area (Å²) in [6, 6.07) is 6.33. The van der Waals surface area contributed by atoms with Gasteiger partial charge in [-0.3, -0.25) is 4.79 Å². The monoisotopic (exact) mass is 491 g/mol. The lowest BCUT2D eigenvalue weighted by Gasteiger charge is -2.28. The smallest absolute Gasteiger partial charge is 0.390 e. The van der Waals surface area contributed by atoms with E-state index in [1.54, 1.807) is 12.1 Å². The Labute approximate surface area is 197 Å². The highest BCUT2D eigenvalue weighted by Gasteiger charge is 2.27. The van der Waals surface area contributed by atoms with Crippen molar-refractivity contribution in [2.24, 2.45) is 0 Å². The molecule has 184 valence electrons. The van der Waals surface area contributed by atoms with E-state index in [2.05, 4.69) is 25.6 Å². The SMILES string of the molecule is COc1ncc(-c2cccc3c2C[C@H](NC(=O)c2cnc(NCCC(F)(F)F)nc2)CO3)cc1F. The molecule has 12 heteroatoms. The van der Waals surface area contributed by atoms with E-state index in [0.717, 1.165) is 5.56 Å². The largest absolute Gasteiger partial charge is 0.491 e. The van der Waals surface area contributed by atoms with E-state index in [4.69, 9.17) is 9.47 Å². The van der Waals surface area contributed by atoms with Gasteiger partial charge in [0.2, 0.25) is 11.8 Å². The number of anilines is 1. The molecule has 0 saturated carbocycles. The number of nitrogens with zero attached hydrogens (tertiary/aromatic N) is 3. The molecule has 0 radical (unpaired) electrons. The summed E-state index contributed by atoms with van der Waals surface area (Å²) in [5.41, 5.74) is 2.19. The molecule has 8 nitrogen and oxygen atoms in total. The van der Waals surface area contributed by atoms with Crippen molar-refractivity contribution in [2.45, 2.75) is 25.1 Å². The minimum Gasteiger partial charge on any atom is -0.491 e. The third-order valence-corrected chi connectivity index (χ3v) is 5.28. The van der Waals surface area contributed by atoms with E-state index >= 15 is 0 Å². The number of carbonyl (C=O) groups is 1. The first-order valence-corrected chi connectivity index (χ1v) is 10.6. The number of carbonyl (C=O) groups excluding carboxylic acids is 1. The second-order valence-corrected chi connectivity index (χ2v) is 7.77. The third-order valence-electron chi connectivity index (χ3n) is 5.28. The molecule has 3 aromatic rings. The lowest BCUT2D eigenvalue weighted by molar-refractivity contribution is -0.131. The zero-order valence-corrected chi connectivity index (χ0v) is 18.5. The van der Waals surface area contributed by atoms with Gasteiger partial charge in [-0.1, -0.05) is 12.1 Å². The highest BCUT2D eigenvalue weighted by atomic mass is 19.4. The van der Waals surface area contributed by atoms with Crippen molar-refractivity contribution in [1.82, 2.24) is 20.3 Å². The van der Waals surface area contributed by atoms with E-state index < -0.39 is 30.4 Å². The Bertz CT molecular complexity index is 1200. The maximum Gasteiger partial charge on any atom is 0.390 e. The summed E-state index contributed by atoms with van der Waals surface area (Å²) in [6.07, 6.45) is -0.932. The van der Waals surface area contributed by atoms with Gasteiger partial charge in [0.15, 0.2) is 5.82 Å². The van der Waals surface area contributed by atoms with E-state index in [1.165, 1.54) is 31.8 Å². The Kier molecular flexibility index (Phi) is 6.99.